The van der Waals surface area contributed by atoms with Crippen molar-refractivity contribution in [3.8, 4) is 11.1 Å². The molecule has 1 amide bonds. The van der Waals surface area contributed by atoms with E-state index in [9.17, 15) is 4.79 Å². The lowest BCUT2D eigenvalue weighted by Crippen LogP contribution is -2.42. The van der Waals surface area contributed by atoms with Crippen molar-refractivity contribution >= 4 is 5.91 Å². The minimum atomic E-state index is -0.735. The van der Waals surface area contributed by atoms with Gasteiger partial charge in [-0.2, -0.15) is 0 Å². The molecule has 1 atom stereocenters. The van der Waals surface area contributed by atoms with Crippen LogP contribution in [0.2, 0.25) is 0 Å². The average molecular weight is 363 g/mol. The quantitative estimate of drug-likeness (QED) is 0.643. The zero-order valence-corrected chi connectivity index (χ0v) is 16.4. The maximum absolute atomic E-state index is 12.8. The highest BCUT2D eigenvalue weighted by molar-refractivity contribution is 5.99. The van der Waals surface area contributed by atoms with Gasteiger partial charge in [0.1, 0.15) is 0 Å². The van der Waals surface area contributed by atoms with Gasteiger partial charge < -0.3 is 11.1 Å². The number of fused-ring (bicyclic) bond motifs is 3. The molecule has 2 aromatic rings. The van der Waals surface area contributed by atoms with Crippen molar-refractivity contribution in [3.63, 3.8) is 0 Å². The molecule has 0 bridgehead atoms. The number of benzene rings is 2. The van der Waals surface area contributed by atoms with Crippen LogP contribution in [0.15, 0.2) is 60.7 Å². The smallest absolute Gasteiger partial charge is 0.232 e. The molecule has 3 heteroatoms. The number of allylic oxidation sites excluding steroid dienone is 1. The first-order valence-electron chi connectivity index (χ1n) is 9.99. The van der Waals surface area contributed by atoms with Crippen molar-refractivity contribution in [1.29, 1.82) is 0 Å². The van der Waals surface area contributed by atoms with Crippen LogP contribution in [0.1, 0.15) is 50.7 Å². The van der Waals surface area contributed by atoms with Gasteiger partial charge in [0.05, 0.1) is 5.41 Å². The third kappa shape index (κ3) is 3.70. The normalized spacial score (nSPS) is 15.5. The van der Waals surface area contributed by atoms with Crippen LogP contribution in [0.5, 0.6) is 0 Å². The Morgan fingerprint density at radius 3 is 2.22 bits per heavy atom. The maximum atomic E-state index is 12.8. The van der Waals surface area contributed by atoms with E-state index in [4.69, 9.17) is 5.73 Å². The number of nitrogens with two attached hydrogens (primary N) is 1. The number of nitrogens with one attached hydrogen (secondary N) is 1. The molecule has 0 spiro atoms. The molecule has 27 heavy (non-hydrogen) atoms. The fourth-order valence-electron chi connectivity index (χ4n) is 4.16. The molecule has 1 aliphatic carbocycles. The predicted octanol–water partition coefficient (Wildman–Crippen LogP) is 4.55. The number of rotatable bonds is 9. The fourth-order valence-corrected chi connectivity index (χ4v) is 4.16. The first-order chi connectivity index (χ1) is 13.1. The zero-order chi connectivity index (χ0) is 19.3. The summed E-state index contributed by atoms with van der Waals surface area (Å²) in [6.07, 6.45) is 8.29. The Labute approximate surface area is 162 Å². The van der Waals surface area contributed by atoms with Crippen LogP contribution < -0.4 is 11.1 Å². The molecule has 3 nitrogen and oxygen atoms in total. The summed E-state index contributed by atoms with van der Waals surface area (Å²) in [5.41, 5.74) is 9.67. The fraction of sp³-hybridized carbons (Fsp3) is 0.375. The highest BCUT2D eigenvalue weighted by atomic mass is 16.1. The van der Waals surface area contributed by atoms with E-state index in [0.717, 1.165) is 41.6 Å². The van der Waals surface area contributed by atoms with Gasteiger partial charge in [0.15, 0.2) is 0 Å². The van der Waals surface area contributed by atoms with Crippen molar-refractivity contribution in [2.75, 3.05) is 6.54 Å². The summed E-state index contributed by atoms with van der Waals surface area (Å²) in [5, 5.41) is 3.53. The van der Waals surface area contributed by atoms with Crippen molar-refractivity contribution in [2.24, 2.45) is 5.73 Å². The van der Waals surface area contributed by atoms with Gasteiger partial charge in [0.2, 0.25) is 5.91 Å². The number of unbranched alkanes of at least 4 members (excludes halogenated alkanes) is 1. The van der Waals surface area contributed by atoms with Gasteiger partial charge in [0.25, 0.3) is 0 Å². The molecule has 1 aliphatic rings. The SMILES string of the molecule is CCCC=CCNC(C)CCC1(C(N)=O)c2ccccc2-c2ccccc21. The molecule has 3 N–H and O–H groups in total. The lowest BCUT2D eigenvalue weighted by molar-refractivity contribution is -0.122. The first kappa shape index (κ1) is 19.4. The second-order valence-electron chi connectivity index (χ2n) is 7.47. The molecule has 0 saturated carbocycles. The van der Waals surface area contributed by atoms with E-state index in [1.54, 1.807) is 0 Å². The summed E-state index contributed by atoms with van der Waals surface area (Å²) in [6.45, 7) is 5.22. The van der Waals surface area contributed by atoms with Gasteiger partial charge in [-0.05, 0) is 48.4 Å². The van der Waals surface area contributed by atoms with Crippen molar-refractivity contribution in [3.05, 3.63) is 71.8 Å². The van der Waals surface area contributed by atoms with Crippen LogP contribution in [-0.2, 0) is 10.2 Å². The number of carbonyl (C=O) groups is 1. The summed E-state index contributed by atoms with van der Waals surface area (Å²) in [6, 6.07) is 16.7. The molecule has 0 fully saturated rings. The molecule has 0 aromatic heterocycles. The number of amides is 1. The molecular weight excluding hydrogens is 332 g/mol. The molecule has 0 radical (unpaired) electrons. The molecule has 0 heterocycles. The Hall–Kier alpha value is -2.39. The van der Waals surface area contributed by atoms with Gasteiger partial charge in [-0.1, -0.05) is 74.0 Å². The third-order valence-electron chi connectivity index (χ3n) is 5.64. The van der Waals surface area contributed by atoms with Crippen LogP contribution in [0.4, 0.5) is 0 Å². The van der Waals surface area contributed by atoms with E-state index in [2.05, 4.69) is 55.6 Å². The van der Waals surface area contributed by atoms with Gasteiger partial charge in [-0.15, -0.1) is 0 Å². The summed E-state index contributed by atoms with van der Waals surface area (Å²) >= 11 is 0. The molecule has 0 saturated heterocycles. The van der Waals surface area contributed by atoms with Crippen LogP contribution in [0, 0.1) is 0 Å². The Bertz CT molecular complexity index is 779. The molecule has 2 aromatic carbocycles. The number of hydrogen-bond donors (Lipinski definition) is 2. The lowest BCUT2D eigenvalue weighted by Gasteiger charge is -2.30. The number of hydrogen-bond acceptors (Lipinski definition) is 2. The van der Waals surface area contributed by atoms with Gasteiger partial charge in [-0.25, -0.2) is 0 Å². The average Bonchev–Trinajstić information content (AvgIpc) is 2.97. The lowest BCUT2D eigenvalue weighted by atomic mass is 9.73. The second kappa shape index (κ2) is 8.53. The van der Waals surface area contributed by atoms with E-state index in [1.807, 2.05) is 24.3 Å². The minimum absolute atomic E-state index is 0.255. The minimum Gasteiger partial charge on any atom is -0.369 e. The van der Waals surface area contributed by atoms with E-state index in [0.29, 0.717) is 12.5 Å². The zero-order valence-electron chi connectivity index (χ0n) is 16.4. The second-order valence-corrected chi connectivity index (χ2v) is 7.47. The van der Waals surface area contributed by atoms with Gasteiger partial charge in [0, 0.05) is 12.6 Å². The molecule has 142 valence electrons. The Kier molecular flexibility index (Phi) is 6.12. The van der Waals surface area contributed by atoms with Crippen molar-refractivity contribution in [2.45, 2.75) is 51.0 Å². The summed E-state index contributed by atoms with van der Waals surface area (Å²) in [7, 11) is 0. The van der Waals surface area contributed by atoms with E-state index < -0.39 is 5.41 Å². The molecular formula is C24H30N2O. The van der Waals surface area contributed by atoms with E-state index in [-0.39, 0.29) is 5.91 Å². The Morgan fingerprint density at radius 1 is 1.07 bits per heavy atom. The first-order valence-corrected chi connectivity index (χ1v) is 9.99. The van der Waals surface area contributed by atoms with Gasteiger partial charge in [-0.3, -0.25) is 4.79 Å². The van der Waals surface area contributed by atoms with Crippen LogP contribution in [0.25, 0.3) is 11.1 Å². The van der Waals surface area contributed by atoms with Crippen LogP contribution in [-0.4, -0.2) is 18.5 Å². The number of carbonyl (C=O) groups excluding carboxylic acids is 1. The van der Waals surface area contributed by atoms with Crippen molar-refractivity contribution in [1.82, 2.24) is 5.32 Å². The van der Waals surface area contributed by atoms with E-state index in [1.165, 1.54) is 6.42 Å². The maximum Gasteiger partial charge on any atom is 0.232 e. The van der Waals surface area contributed by atoms with Crippen LogP contribution in [0.3, 0.4) is 0 Å². The largest absolute Gasteiger partial charge is 0.369 e. The van der Waals surface area contributed by atoms with Crippen LogP contribution >= 0.6 is 0 Å². The topological polar surface area (TPSA) is 55.1 Å². The standard InChI is InChI=1S/C24H30N2O/c1-3-4-5-10-17-26-18(2)15-16-24(23(25)27)21-13-8-6-11-19(21)20-12-7-9-14-22(20)24/h5-14,18,26H,3-4,15-17H2,1-2H3,(H2,25,27). The van der Waals surface area contributed by atoms with E-state index >= 15 is 0 Å². The summed E-state index contributed by atoms with van der Waals surface area (Å²) in [5.74, 6) is -0.255. The van der Waals surface area contributed by atoms with Crippen molar-refractivity contribution < 1.29 is 4.79 Å². The monoisotopic (exact) mass is 362 g/mol. The van der Waals surface area contributed by atoms with Gasteiger partial charge >= 0.3 is 0 Å². The summed E-state index contributed by atoms with van der Waals surface area (Å²) in [4.78, 5) is 12.8. The third-order valence-corrected chi connectivity index (χ3v) is 5.64. The Morgan fingerprint density at radius 2 is 1.67 bits per heavy atom. The highest BCUT2D eigenvalue weighted by Gasteiger charge is 2.47. The highest BCUT2D eigenvalue weighted by Crippen LogP contribution is 2.51. The summed E-state index contributed by atoms with van der Waals surface area (Å²) < 4.78 is 0. The predicted molar refractivity (Wildman–Crippen MR) is 113 cm³/mol. The molecule has 1 unspecified atom stereocenters. The number of primary amides is 1. The molecule has 0 aliphatic heterocycles. The molecule has 3 rings (SSSR count). The Balaban J connectivity index is 1.82.